The van der Waals surface area contributed by atoms with Gasteiger partial charge in [0.1, 0.15) is 29.3 Å². The van der Waals surface area contributed by atoms with Crippen molar-refractivity contribution >= 4 is 36.8 Å². The SMILES string of the molecule is CCN(CC)c1ccc2c(-c3ccc(S(=O)(=O)NC4CCCCC4)cc3S(=O)(=O)O)c3ccc(=[N+](CC)CC)cc-3oc2c1. The summed E-state index contributed by atoms with van der Waals surface area (Å²) in [4.78, 5) is 1.51. The summed E-state index contributed by atoms with van der Waals surface area (Å²) >= 11 is 0. The van der Waals surface area contributed by atoms with Gasteiger partial charge in [0, 0.05) is 59.0 Å². The van der Waals surface area contributed by atoms with Crippen molar-refractivity contribution in [1.82, 2.24) is 9.30 Å². The molecule has 0 spiro atoms. The Labute approximate surface area is 260 Å². The molecular weight excluding hydrogens is 599 g/mol. The first kappa shape index (κ1) is 32.2. The van der Waals surface area contributed by atoms with Crippen LogP contribution in [-0.4, -0.2) is 53.6 Å². The van der Waals surface area contributed by atoms with E-state index in [2.05, 4.69) is 41.9 Å². The van der Waals surface area contributed by atoms with E-state index in [0.717, 1.165) is 75.4 Å². The molecule has 2 N–H and O–H groups in total. The molecule has 1 heterocycles. The van der Waals surface area contributed by atoms with E-state index in [1.165, 1.54) is 12.1 Å². The van der Waals surface area contributed by atoms with Crippen molar-refractivity contribution in [2.75, 3.05) is 31.1 Å². The Bertz CT molecular complexity index is 1920. The molecule has 44 heavy (non-hydrogen) atoms. The molecule has 9 nitrogen and oxygen atoms in total. The van der Waals surface area contributed by atoms with Crippen molar-refractivity contribution in [2.24, 2.45) is 0 Å². The van der Waals surface area contributed by atoms with Crippen LogP contribution in [0.3, 0.4) is 0 Å². The van der Waals surface area contributed by atoms with E-state index < -0.39 is 25.0 Å². The molecule has 11 heteroatoms. The molecule has 2 aromatic rings. The van der Waals surface area contributed by atoms with Gasteiger partial charge < -0.3 is 9.32 Å². The highest BCUT2D eigenvalue weighted by Gasteiger charge is 2.28. The largest absolute Gasteiger partial charge is 0.456 e. The molecule has 1 aliphatic heterocycles. The summed E-state index contributed by atoms with van der Waals surface area (Å²) in [6.45, 7) is 11.5. The zero-order valence-corrected chi connectivity index (χ0v) is 27.5. The van der Waals surface area contributed by atoms with E-state index in [9.17, 15) is 21.4 Å². The molecule has 0 unspecified atom stereocenters. The summed E-state index contributed by atoms with van der Waals surface area (Å²) in [7, 11) is -8.86. The van der Waals surface area contributed by atoms with Gasteiger partial charge in [0.25, 0.3) is 10.1 Å². The Morgan fingerprint density at radius 2 is 1.55 bits per heavy atom. The Morgan fingerprint density at radius 3 is 2.18 bits per heavy atom. The van der Waals surface area contributed by atoms with E-state index in [1.807, 2.05) is 36.4 Å². The van der Waals surface area contributed by atoms with E-state index in [-0.39, 0.29) is 16.5 Å². The fourth-order valence-corrected chi connectivity index (χ4v) is 8.46. The Kier molecular flexibility index (Phi) is 9.50. The van der Waals surface area contributed by atoms with Gasteiger partial charge in [-0.1, -0.05) is 25.3 Å². The monoisotopic (exact) mass is 640 g/mol. The van der Waals surface area contributed by atoms with E-state index in [1.54, 1.807) is 0 Å². The van der Waals surface area contributed by atoms with E-state index in [0.29, 0.717) is 27.9 Å². The van der Waals surface area contributed by atoms with Gasteiger partial charge in [-0.05, 0) is 70.9 Å². The van der Waals surface area contributed by atoms with Crippen LogP contribution in [0.25, 0.3) is 33.4 Å². The molecule has 0 aromatic heterocycles. The van der Waals surface area contributed by atoms with E-state index in [4.69, 9.17) is 4.42 Å². The predicted octanol–water partition coefficient (Wildman–Crippen LogP) is 5.72. The van der Waals surface area contributed by atoms with Crippen molar-refractivity contribution in [3.05, 3.63) is 60.0 Å². The van der Waals surface area contributed by atoms with Crippen molar-refractivity contribution in [2.45, 2.75) is 75.6 Å². The minimum Gasteiger partial charge on any atom is -0.456 e. The average Bonchev–Trinajstić information content (AvgIpc) is 3.00. The molecule has 3 aliphatic rings. The van der Waals surface area contributed by atoms with Crippen molar-refractivity contribution in [1.29, 1.82) is 0 Å². The van der Waals surface area contributed by atoms with Crippen LogP contribution in [0, 0.1) is 0 Å². The summed E-state index contributed by atoms with van der Waals surface area (Å²) in [6.07, 6.45) is 4.41. The number of hydrogen-bond acceptors (Lipinski definition) is 6. The maximum atomic E-state index is 13.4. The van der Waals surface area contributed by atoms with Gasteiger partial charge in [-0.3, -0.25) is 4.55 Å². The van der Waals surface area contributed by atoms with Crippen LogP contribution in [0.4, 0.5) is 5.69 Å². The second-order valence-electron chi connectivity index (χ2n) is 11.3. The van der Waals surface area contributed by atoms with Crippen molar-refractivity contribution in [3.63, 3.8) is 0 Å². The summed E-state index contributed by atoms with van der Waals surface area (Å²) < 4.78 is 74.4. The first-order chi connectivity index (χ1) is 21.0. The van der Waals surface area contributed by atoms with Crippen LogP contribution in [0.15, 0.2) is 68.8 Å². The minimum atomic E-state index is -4.83. The van der Waals surface area contributed by atoms with Gasteiger partial charge in [0.2, 0.25) is 15.4 Å². The fourth-order valence-electron chi connectivity index (χ4n) is 6.33. The van der Waals surface area contributed by atoms with Crippen LogP contribution in [0.2, 0.25) is 0 Å². The lowest BCUT2D eigenvalue weighted by Gasteiger charge is -2.23. The summed E-state index contributed by atoms with van der Waals surface area (Å²) in [5.74, 6) is 0.547. The second-order valence-corrected chi connectivity index (χ2v) is 14.4. The number of sulfonamides is 1. The standard InChI is InChI=1S/C33H41N3O6S2/c1-5-35(6-2)24-14-17-27-30(20-24)42-31-21-25(36(7-3)8-4)15-18-28(31)33(27)29-19-16-26(22-32(29)44(39,40)41)43(37,38)34-23-12-10-9-11-13-23/h14-23,34H,5-13H2,1-4H3/p+1. The Morgan fingerprint density at radius 1 is 0.864 bits per heavy atom. The highest BCUT2D eigenvalue weighted by Crippen LogP contribution is 2.43. The molecule has 236 valence electrons. The van der Waals surface area contributed by atoms with Crippen molar-refractivity contribution in [3.8, 4) is 22.5 Å². The summed E-state index contributed by atoms with van der Waals surface area (Å²) in [5.41, 5.74) is 2.88. The Hall–Kier alpha value is -3.25. The normalized spacial score (nSPS) is 14.8. The number of anilines is 1. The molecule has 2 aliphatic carbocycles. The van der Waals surface area contributed by atoms with Gasteiger partial charge in [-0.15, -0.1) is 0 Å². The third-order valence-corrected chi connectivity index (χ3v) is 11.1. The number of benzene rings is 3. The average molecular weight is 641 g/mol. The predicted molar refractivity (Wildman–Crippen MR) is 175 cm³/mol. The molecule has 2 aromatic carbocycles. The van der Waals surface area contributed by atoms with Gasteiger partial charge in [-0.25, -0.2) is 17.7 Å². The van der Waals surface area contributed by atoms with Gasteiger partial charge in [-0.2, -0.15) is 8.42 Å². The molecule has 0 radical (unpaired) electrons. The topological polar surface area (TPSA) is 120 Å². The first-order valence-electron chi connectivity index (χ1n) is 15.5. The van der Waals surface area contributed by atoms with Gasteiger partial charge >= 0.3 is 0 Å². The zero-order valence-electron chi connectivity index (χ0n) is 25.8. The lowest BCUT2D eigenvalue weighted by Crippen LogP contribution is -2.36. The number of hydrogen-bond donors (Lipinski definition) is 2. The van der Waals surface area contributed by atoms with E-state index >= 15 is 0 Å². The molecule has 1 fully saturated rings. The lowest BCUT2D eigenvalue weighted by atomic mass is 9.93. The maximum Gasteiger partial charge on any atom is 0.295 e. The van der Waals surface area contributed by atoms with Crippen molar-refractivity contribution < 1.29 is 25.8 Å². The van der Waals surface area contributed by atoms with Crippen LogP contribution in [0.5, 0.6) is 0 Å². The molecule has 0 atom stereocenters. The third kappa shape index (κ3) is 6.42. The maximum absolute atomic E-state index is 13.4. The number of rotatable bonds is 10. The number of fused-ring (bicyclic) bond motifs is 2. The third-order valence-electron chi connectivity index (χ3n) is 8.68. The second kappa shape index (κ2) is 13.0. The zero-order chi connectivity index (χ0) is 31.6. The molecule has 5 rings (SSSR count). The smallest absolute Gasteiger partial charge is 0.295 e. The number of nitrogens with one attached hydrogen (secondary N) is 1. The quantitative estimate of drug-likeness (QED) is 0.129. The molecule has 1 saturated carbocycles. The lowest BCUT2D eigenvalue weighted by molar-refractivity contribution is 0.412. The summed E-state index contributed by atoms with van der Waals surface area (Å²) in [5, 5.41) is 1.60. The molecule has 0 bridgehead atoms. The molecule has 0 amide bonds. The highest BCUT2D eigenvalue weighted by atomic mass is 32.2. The minimum absolute atomic E-state index is 0.195. The highest BCUT2D eigenvalue weighted by molar-refractivity contribution is 7.89. The fraction of sp³-hybridized carbons (Fsp3) is 0.424. The van der Waals surface area contributed by atoms with Crippen LogP contribution in [-0.2, 0) is 20.1 Å². The Balaban J connectivity index is 1.79. The molecule has 0 saturated heterocycles. The molecular formula is C33H42N3O6S2+. The van der Waals surface area contributed by atoms with Crippen LogP contribution in [0.1, 0.15) is 59.8 Å². The van der Waals surface area contributed by atoms with Gasteiger partial charge in [0.15, 0.2) is 0 Å². The first-order valence-corrected chi connectivity index (χ1v) is 18.4. The van der Waals surface area contributed by atoms with Gasteiger partial charge in [0.05, 0.1) is 11.0 Å². The van der Waals surface area contributed by atoms with Crippen LogP contribution < -0.4 is 19.6 Å². The summed E-state index contributed by atoms with van der Waals surface area (Å²) in [6, 6.07) is 15.3. The number of nitrogens with zero attached hydrogens (tertiary/aromatic N) is 2. The van der Waals surface area contributed by atoms with Crippen LogP contribution >= 0.6 is 0 Å².